The molecule has 0 saturated heterocycles. The van der Waals surface area contributed by atoms with Crippen molar-refractivity contribution in [3.05, 3.63) is 22.7 Å². The maximum absolute atomic E-state index is 10.7. The van der Waals surface area contributed by atoms with Gasteiger partial charge in [0.15, 0.2) is 17.8 Å². The lowest BCUT2D eigenvalue weighted by atomic mass is 10.2. The molecule has 1 aromatic carbocycles. The molecule has 16 heavy (non-hydrogen) atoms. The summed E-state index contributed by atoms with van der Waals surface area (Å²) in [4.78, 5) is 10.7. The van der Waals surface area contributed by atoms with E-state index in [1.165, 1.54) is 12.8 Å². The Morgan fingerprint density at radius 3 is 2.75 bits per heavy atom. The third kappa shape index (κ3) is 2.47. The average Bonchev–Trinajstić information content (AvgIpc) is 3.10. The first-order valence-corrected chi connectivity index (χ1v) is 5.58. The Bertz CT molecular complexity index is 399. The minimum absolute atomic E-state index is 0.390. The molecule has 0 amide bonds. The summed E-state index contributed by atoms with van der Waals surface area (Å²) in [5, 5.41) is 0.390. The lowest BCUT2D eigenvalue weighted by Crippen LogP contribution is -2.01. The van der Waals surface area contributed by atoms with Crippen molar-refractivity contribution in [1.82, 2.24) is 0 Å². The summed E-state index contributed by atoms with van der Waals surface area (Å²) in [6.07, 6.45) is 3.15. The second-order valence-electron chi connectivity index (χ2n) is 3.90. The maximum Gasteiger partial charge on any atom is 0.162 e. The second kappa shape index (κ2) is 4.74. The molecule has 0 aromatic heterocycles. The Hall–Kier alpha value is -1.22. The lowest BCUT2D eigenvalue weighted by molar-refractivity contribution is 0.112. The van der Waals surface area contributed by atoms with Crippen LogP contribution in [0.2, 0.25) is 5.02 Å². The Balaban J connectivity index is 2.19. The van der Waals surface area contributed by atoms with Crippen LogP contribution in [0.1, 0.15) is 23.2 Å². The Morgan fingerprint density at radius 2 is 2.19 bits per heavy atom. The van der Waals surface area contributed by atoms with Crippen molar-refractivity contribution in [3.63, 3.8) is 0 Å². The summed E-state index contributed by atoms with van der Waals surface area (Å²) >= 11 is 5.92. The molecule has 0 unspecified atom stereocenters. The van der Waals surface area contributed by atoms with Gasteiger partial charge >= 0.3 is 0 Å². The predicted octanol–water partition coefficient (Wildman–Crippen LogP) is 2.95. The van der Waals surface area contributed by atoms with Crippen molar-refractivity contribution in [1.29, 1.82) is 0 Å². The number of halogens is 1. The van der Waals surface area contributed by atoms with Crippen LogP contribution in [0, 0.1) is 5.92 Å². The van der Waals surface area contributed by atoms with E-state index in [1.54, 1.807) is 19.2 Å². The van der Waals surface area contributed by atoms with Gasteiger partial charge in [-0.05, 0) is 24.8 Å². The Kier molecular flexibility index (Phi) is 3.34. The summed E-state index contributed by atoms with van der Waals surface area (Å²) in [5.41, 5.74) is 0.414. The highest BCUT2D eigenvalue weighted by Crippen LogP contribution is 2.35. The number of methoxy groups -OCH3 is 1. The molecule has 1 aliphatic carbocycles. The molecular formula is C12H13ClO3. The zero-order valence-corrected chi connectivity index (χ0v) is 9.79. The zero-order valence-electron chi connectivity index (χ0n) is 9.03. The summed E-state index contributed by atoms with van der Waals surface area (Å²) in [6, 6.07) is 3.23. The minimum Gasteiger partial charge on any atom is -0.493 e. The lowest BCUT2D eigenvalue weighted by Gasteiger charge is -2.11. The molecule has 1 saturated carbocycles. The first-order chi connectivity index (χ1) is 7.74. The number of ether oxygens (including phenoxy) is 2. The van der Waals surface area contributed by atoms with E-state index in [-0.39, 0.29) is 0 Å². The third-order valence-corrected chi connectivity index (χ3v) is 2.91. The van der Waals surface area contributed by atoms with Crippen molar-refractivity contribution < 1.29 is 14.3 Å². The van der Waals surface area contributed by atoms with Crippen LogP contribution >= 0.6 is 11.6 Å². The molecule has 0 N–H and O–H groups in total. The van der Waals surface area contributed by atoms with Gasteiger partial charge in [-0.3, -0.25) is 4.79 Å². The van der Waals surface area contributed by atoms with Crippen LogP contribution in [0.25, 0.3) is 0 Å². The number of hydrogen-bond donors (Lipinski definition) is 0. The first kappa shape index (κ1) is 11.3. The van der Waals surface area contributed by atoms with Crippen molar-refractivity contribution in [3.8, 4) is 11.5 Å². The summed E-state index contributed by atoms with van der Waals surface area (Å²) in [5.74, 6) is 1.81. The van der Waals surface area contributed by atoms with Gasteiger partial charge < -0.3 is 9.47 Å². The molecule has 1 fully saturated rings. The monoisotopic (exact) mass is 240 g/mol. The van der Waals surface area contributed by atoms with Crippen molar-refractivity contribution >= 4 is 17.9 Å². The fourth-order valence-corrected chi connectivity index (χ4v) is 1.60. The molecule has 0 atom stereocenters. The molecule has 86 valence electrons. The number of rotatable bonds is 5. The first-order valence-electron chi connectivity index (χ1n) is 5.20. The molecule has 4 heteroatoms. The van der Waals surface area contributed by atoms with E-state index in [4.69, 9.17) is 21.1 Å². The van der Waals surface area contributed by atoms with Gasteiger partial charge in [0, 0.05) is 11.6 Å². The number of aldehydes is 1. The largest absolute Gasteiger partial charge is 0.493 e. The smallest absolute Gasteiger partial charge is 0.162 e. The SMILES string of the molecule is COc1cc(C=O)c(Cl)cc1OCC1CC1. The molecular weight excluding hydrogens is 228 g/mol. The van der Waals surface area contributed by atoms with Gasteiger partial charge in [-0.25, -0.2) is 0 Å². The molecule has 0 heterocycles. The molecule has 1 aliphatic rings. The molecule has 0 bridgehead atoms. The van der Waals surface area contributed by atoms with E-state index in [0.717, 1.165) is 0 Å². The minimum atomic E-state index is 0.390. The predicted molar refractivity (Wildman–Crippen MR) is 61.6 cm³/mol. The average molecular weight is 241 g/mol. The highest BCUT2D eigenvalue weighted by Gasteiger charge is 2.22. The van der Waals surface area contributed by atoms with Crippen molar-refractivity contribution in [2.24, 2.45) is 5.92 Å². The van der Waals surface area contributed by atoms with Gasteiger partial charge in [0.25, 0.3) is 0 Å². The van der Waals surface area contributed by atoms with Crippen LogP contribution in [-0.2, 0) is 0 Å². The van der Waals surface area contributed by atoms with Gasteiger partial charge in [-0.1, -0.05) is 11.6 Å². The quantitative estimate of drug-likeness (QED) is 0.743. The third-order valence-electron chi connectivity index (χ3n) is 2.58. The summed E-state index contributed by atoms with van der Waals surface area (Å²) < 4.78 is 10.8. The van der Waals surface area contributed by atoms with E-state index >= 15 is 0 Å². The summed E-state index contributed by atoms with van der Waals surface area (Å²) in [7, 11) is 1.54. The number of benzene rings is 1. The standard InChI is InChI=1S/C12H13ClO3/c1-15-11-4-9(6-14)10(13)5-12(11)16-7-8-2-3-8/h4-6,8H,2-3,7H2,1H3. The second-order valence-corrected chi connectivity index (χ2v) is 4.30. The molecule has 0 spiro atoms. The number of carbonyl (C=O) groups is 1. The molecule has 1 aromatic rings. The van der Waals surface area contributed by atoms with Gasteiger partial charge in [-0.2, -0.15) is 0 Å². The van der Waals surface area contributed by atoms with Crippen molar-refractivity contribution in [2.75, 3.05) is 13.7 Å². The van der Waals surface area contributed by atoms with Crippen LogP contribution in [0.3, 0.4) is 0 Å². The highest BCUT2D eigenvalue weighted by molar-refractivity contribution is 6.33. The Labute approximate surface area is 99.3 Å². The van der Waals surface area contributed by atoms with Gasteiger partial charge in [0.2, 0.25) is 0 Å². The highest BCUT2D eigenvalue weighted by atomic mass is 35.5. The normalized spacial score (nSPS) is 14.6. The van der Waals surface area contributed by atoms with Crippen molar-refractivity contribution in [2.45, 2.75) is 12.8 Å². The van der Waals surface area contributed by atoms with E-state index in [2.05, 4.69) is 0 Å². The van der Waals surface area contributed by atoms with E-state index in [1.807, 2.05) is 0 Å². The summed E-state index contributed by atoms with van der Waals surface area (Å²) in [6.45, 7) is 0.688. The fraction of sp³-hybridized carbons (Fsp3) is 0.417. The topological polar surface area (TPSA) is 35.5 Å². The van der Waals surface area contributed by atoms with Crippen LogP contribution in [-0.4, -0.2) is 20.0 Å². The number of carbonyl (C=O) groups excluding carboxylic acids is 1. The van der Waals surface area contributed by atoms with Crippen LogP contribution in [0.4, 0.5) is 0 Å². The number of hydrogen-bond acceptors (Lipinski definition) is 3. The van der Waals surface area contributed by atoms with Gasteiger partial charge in [0.05, 0.1) is 18.7 Å². The van der Waals surface area contributed by atoms with E-state index in [0.29, 0.717) is 40.9 Å². The van der Waals surface area contributed by atoms with Crippen LogP contribution in [0.5, 0.6) is 11.5 Å². The van der Waals surface area contributed by atoms with Gasteiger partial charge in [0.1, 0.15) is 0 Å². The Morgan fingerprint density at radius 1 is 1.44 bits per heavy atom. The maximum atomic E-state index is 10.7. The molecule has 0 radical (unpaired) electrons. The molecule has 2 rings (SSSR count). The fourth-order valence-electron chi connectivity index (χ4n) is 1.41. The van der Waals surface area contributed by atoms with E-state index < -0.39 is 0 Å². The van der Waals surface area contributed by atoms with Gasteiger partial charge in [-0.15, -0.1) is 0 Å². The zero-order chi connectivity index (χ0) is 11.5. The van der Waals surface area contributed by atoms with Crippen LogP contribution < -0.4 is 9.47 Å². The molecule has 3 nitrogen and oxygen atoms in total. The van der Waals surface area contributed by atoms with Crippen LogP contribution in [0.15, 0.2) is 12.1 Å². The molecule has 0 aliphatic heterocycles. The van der Waals surface area contributed by atoms with E-state index in [9.17, 15) is 4.79 Å².